The van der Waals surface area contributed by atoms with E-state index in [0.717, 1.165) is 31.0 Å². The van der Waals surface area contributed by atoms with E-state index >= 15 is 0 Å². The van der Waals surface area contributed by atoms with Crippen LogP contribution in [0.15, 0.2) is 4.99 Å². The first kappa shape index (κ1) is 23.5. The third kappa shape index (κ3) is 9.28. The molecule has 2 N–H and O–H groups in total. The van der Waals surface area contributed by atoms with Crippen LogP contribution in [0.25, 0.3) is 0 Å². The van der Waals surface area contributed by atoms with E-state index in [0.29, 0.717) is 29.6 Å². The van der Waals surface area contributed by atoms with Crippen molar-refractivity contribution < 1.29 is 24.0 Å². The number of rotatable bonds is 12. The van der Waals surface area contributed by atoms with Gasteiger partial charge >= 0.3 is 5.97 Å². The van der Waals surface area contributed by atoms with Crippen molar-refractivity contribution in [2.45, 2.75) is 57.6 Å². The number of hydrogen-bond donors (Lipinski definition) is 1. The van der Waals surface area contributed by atoms with Crippen LogP contribution in [0.5, 0.6) is 0 Å². The predicted octanol–water partition coefficient (Wildman–Crippen LogP) is 1.91. The van der Waals surface area contributed by atoms with Crippen LogP contribution in [-0.2, 0) is 24.0 Å². The van der Waals surface area contributed by atoms with Crippen LogP contribution in [0.1, 0.15) is 52.4 Å². The molecule has 152 valence electrons. The molecule has 0 aromatic heterocycles. The van der Waals surface area contributed by atoms with Crippen molar-refractivity contribution >= 4 is 52.3 Å². The summed E-state index contributed by atoms with van der Waals surface area (Å²) in [5.41, 5.74) is 5.84. The molecule has 0 radical (unpaired) electrons. The Hall–Kier alpha value is -1.55. The highest BCUT2D eigenvalue weighted by atomic mass is 32.2. The fraction of sp³-hybridized carbons (Fsp3) is 0.706. The van der Waals surface area contributed by atoms with E-state index in [9.17, 15) is 19.2 Å². The number of unbranched alkanes of at least 4 members (excludes halogenated alkanes) is 2. The molecule has 2 amide bonds. The summed E-state index contributed by atoms with van der Waals surface area (Å²) in [6.07, 6.45) is 3.73. The van der Waals surface area contributed by atoms with Gasteiger partial charge in [0.1, 0.15) is 0 Å². The molecular formula is C17H27N3O5S2. The maximum atomic E-state index is 12.2. The first-order valence-electron chi connectivity index (χ1n) is 8.96. The van der Waals surface area contributed by atoms with Gasteiger partial charge < -0.3 is 10.6 Å². The maximum absolute atomic E-state index is 12.2. The Labute approximate surface area is 168 Å². The van der Waals surface area contributed by atoms with E-state index < -0.39 is 23.0 Å². The molecule has 27 heavy (non-hydrogen) atoms. The van der Waals surface area contributed by atoms with Gasteiger partial charge in [0.25, 0.3) is 11.8 Å². The average molecular weight is 418 g/mol. The second kappa shape index (κ2) is 12.8. The fourth-order valence-electron chi connectivity index (χ4n) is 2.20. The van der Waals surface area contributed by atoms with Gasteiger partial charge in [-0.15, -0.1) is 16.8 Å². The zero-order chi connectivity index (χ0) is 20.2. The van der Waals surface area contributed by atoms with Crippen molar-refractivity contribution in [2.24, 2.45) is 10.7 Å². The third-order valence-corrected chi connectivity index (χ3v) is 5.65. The minimum absolute atomic E-state index is 0.00742. The van der Waals surface area contributed by atoms with Crippen molar-refractivity contribution in [3.8, 4) is 0 Å². The van der Waals surface area contributed by atoms with Gasteiger partial charge in [0.2, 0.25) is 0 Å². The van der Waals surface area contributed by atoms with Crippen LogP contribution in [0.2, 0.25) is 0 Å². The maximum Gasteiger partial charge on any atom is 0.334 e. The number of carbonyl (C=O) groups excluding carboxylic acids is 4. The molecule has 0 spiro atoms. The Morgan fingerprint density at radius 3 is 2.67 bits per heavy atom. The largest absolute Gasteiger partial charge is 0.387 e. The zero-order valence-electron chi connectivity index (χ0n) is 15.8. The molecule has 1 aliphatic heterocycles. The van der Waals surface area contributed by atoms with E-state index in [1.807, 2.05) is 0 Å². The summed E-state index contributed by atoms with van der Waals surface area (Å²) in [5.74, 6) is -0.424. The summed E-state index contributed by atoms with van der Waals surface area (Å²) in [5, 5.41) is -0.147. The second-order valence-electron chi connectivity index (χ2n) is 5.97. The molecule has 0 aromatic rings. The Morgan fingerprint density at radius 2 is 2.00 bits per heavy atom. The van der Waals surface area contributed by atoms with Crippen molar-refractivity contribution in [3.05, 3.63) is 0 Å². The topological polar surface area (TPSA) is 119 Å². The van der Waals surface area contributed by atoms with Gasteiger partial charge in [0.15, 0.2) is 5.12 Å². The molecule has 0 aromatic carbocycles. The fourth-order valence-corrected chi connectivity index (χ4v) is 3.87. The molecule has 1 unspecified atom stereocenters. The van der Waals surface area contributed by atoms with E-state index in [2.05, 4.69) is 11.9 Å². The van der Waals surface area contributed by atoms with Crippen LogP contribution in [0.3, 0.4) is 0 Å². The highest BCUT2D eigenvalue weighted by Gasteiger charge is 2.41. The quantitative estimate of drug-likeness (QED) is 0.221. The van der Waals surface area contributed by atoms with E-state index in [-0.39, 0.29) is 23.7 Å². The number of carbonyl (C=O) groups is 4. The summed E-state index contributed by atoms with van der Waals surface area (Å²) in [7, 11) is 0. The SMILES string of the molecule is CCCCCN=C(N)CCSC1CC(=O)N(OC(=O)CCSC(C)=O)C1=O. The lowest BCUT2D eigenvalue weighted by Crippen LogP contribution is -2.34. The standard InChI is InChI=1S/C17H27N3O5S2/c1-3-4-5-8-19-14(18)6-9-27-13-11-15(22)20(17(13)24)25-16(23)7-10-26-12(2)21/h13H,3-11H2,1-2H3,(H2,18,19). The highest BCUT2D eigenvalue weighted by Crippen LogP contribution is 2.26. The lowest BCUT2D eigenvalue weighted by molar-refractivity contribution is -0.197. The molecule has 10 heteroatoms. The number of nitrogens with two attached hydrogens (primary N) is 1. The van der Waals surface area contributed by atoms with E-state index in [1.165, 1.54) is 18.7 Å². The summed E-state index contributed by atoms with van der Waals surface area (Å²) in [6.45, 7) is 4.22. The normalized spacial score (nSPS) is 17.5. The molecule has 1 aliphatic rings. The van der Waals surface area contributed by atoms with Gasteiger partial charge in [0, 0.05) is 31.4 Å². The minimum atomic E-state index is -0.709. The molecule has 1 saturated heterocycles. The van der Waals surface area contributed by atoms with Gasteiger partial charge in [0.05, 0.1) is 23.9 Å². The minimum Gasteiger partial charge on any atom is -0.387 e. The van der Waals surface area contributed by atoms with E-state index in [4.69, 9.17) is 10.6 Å². The Balaban J connectivity index is 2.34. The molecule has 1 heterocycles. The number of imide groups is 1. The Kier molecular flexibility index (Phi) is 11.1. The molecule has 1 fully saturated rings. The lowest BCUT2D eigenvalue weighted by atomic mass is 10.2. The number of amides is 2. The van der Waals surface area contributed by atoms with Crippen molar-refractivity contribution in [1.82, 2.24) is 5.06 Å². The molecule has 1 atom stereocenters. The number of thioether (sulfide) groups is 2. The van der Waals surface area contributed by atoms with Crippen molar-refractivity contribution in [3.63, 3.8) is 0 Å². The number of hydroxylamine groups is 2. The van der Waals surface area contributed by atoms with Crippen LogP contribution < -0.4 is 5.73 Å². The molecule has 1 rings (SSSR count). The number of nitrogens with zero attached hydrogens (tertiary/aromatic N) is 2. The van der Waals surface area contributed by atoms with Crippen molar-refractivity contribution in [1.29, 1.82) is 0 Å². The summed E-state index contributed by atoms with van der Waals surface area (Å²) >= 11 is 2.29. The molecular weight excluding hydrogens is 390 g/mol. The van der Waals surface area contributed by atoms with Gasteiger partial charge in [-0.05, 0) is 6.42 Å². The number of amidine groups is 1. The molecule has 0 aliphatic carbocycles. The molecule has 0 saturated carbocycles. The number of aliphatic imine (C=N–C) groups is 1. The van der Waals surface area contributed by atoms with Crippen LogP contribution >= 0.6 is 23.5 Å². The predicted molar refractivity (Wildman–Crippen MR) is 107 cm³/mol. The third-order valence-electron chi connectivity index (χ3n) is 3.62. The van der Waals surface area contributed by atoms with Gasteiger partial charge in [-0.25, -0.2) is 4.79 Å². The van der Waals surface area contributed by atoms with Gasteiger partial charge in [-0.2, -0.15) is 0 Å². The Bertz CT molecular complexity index is 583. The van der Waals surface area contributed by atoms with Crippen molar-refractivity contribution in [2.75, 3.05) is 18.1 Å². The number of hydrogen-bond acceptors (Lipinski definition) is 8. The van der Waals surface area contributed by atoms with Crippen LogP contribution in [-0.4, -0.2) is 57.1 Å². The zero-order valence-corrected chi connectivity index (χ0v) is 17.4. The Morgan fingerprint density at radius 1 is 1.26 bits per heavy atom. The molecule has 8 nitrogen and oxygen atoms in total. The van der Waals surface area contributed by atoms with Crippen LogP contribution in [0.4, 0.5) is 0 Å². The first-order valence-corrected chi connectivity index (χ1v) is 11.0. The summed E-state index contributed by atoms with van der Waals surface area (Å²) in [6, 6.07) is 0. The lowest BCUT2D eigenvalue weighted by Gasteiger charge is -2.13. The molecule has 0 bridgehead atoms. The summed E-state index contributed by atoms with van der Waals surface area (Å²) in [4.78, 5) is 55.8. The highest BCUT2D eigenvalue weighted by molar-refractivity contribution is 8.13. The van der Waals surface area contributed by atoms with Gasteiger partial charge in [-0.3, -0.25) is 19.4 Å². The summed E-state index contributed by atoms with van der Waals surface area (Å²) < 4.78 is 0. The van der Waals surface area contributed by atoms with Crippen LogP contribution in [0, 0.1) is 0 Å². The van der Waals surface area contributed by atoms with Gasteiger partial charge in [-0.1, -0.05) is 31.5 Å². The second-order valence-corrected chi connectivity index (χ2v) is 8.56. The average Bonchev–Trinajstić information content (AvgIpc) is 2.86. The monoisotopic (exact) mass is 417 g/mol. The first-order chi connectivity index (χ1) is 12.8. The smallest absolute Gasteiger partial charge is 0.334 e. The van der Waals surface area contributed by atoms with E-state index in [1.54, 1.807) is 0 Å².